The van der Waals surface area contributed by atoms with Crippen LogP contribution < -0.4 is 5.32 Å². The molecule has 2 aromatic rings. The van der Waals surface area contributed by atoms with Crippen molar-refractivity contribution in [1.29, 1.82) is 0 Å². The molecule has 1 saturated heterocycles. The lowest BCUT2D eigenvalue weighted by Gasteiger charge is -2.08. The van der Waals surface area contributed by atoms with Crippen LogP contribution in [0, 0.1) is 0 Å². The zero-order valence-corrected chi connectivity index (χ0v) is 15.8. The van der Waals surface area contributed by atoms with Gasteiger partial charge in [0.25, 0.3) is 0 Å². The second-order valence-corrected chi connectivity index (χ2v) is 10.7. The first-order valence-electron chi connectivity index (χ1n) is 7.58. The number of aromatic nitrogens is 2. The number of aliphatic hydroxyl groups is 1. The van der Waals surface area contributed by atoms with E-state index in [1.165, 1.54) is 28.7 Å². The Bertz CT molecular complexity index is 803. The molecule has 0 aliphatic carbocycles. The fourth-order valence-electron chi connectivity index (χ4n) is 2.42. The molecule has 1 aliphatic heterocycles. The Kier molecular flexibility index (Phi) is 5.14. The van der Waals surface area contributed by atoms with E-state index in [9.17, 15) is 13.5 Å². The zero-order valence-electron chi connectivity index (χ0n) is 13.3. The van der Waals surface area contributed by atoms with Crippen molar-refractivity contribution in [2.45, 2.75) is 35.5 Å². The lowest BCUT2D eigenvalue weighted by Crippen LogP contribution is -2.19. The van der Waals surface area contributed by atoms with Crippen molar-refractivity contribution in [2.75, 3.05) is 16.8 Å². The minimum atomic E-state index is -3.15. The first kappa shape index (κ1) is 17.7. The van der Waals surface area contributed by atoms with Gasteiger partial charge >= 0.3 is 0 Å². The number of nitrogens with one attached hydrogen (secondary N) is 1. The van der Waals surface area contributed by atoms with E-state index in [1.807, 2.05) is 12.1 Å². The molecule has 0 bridgehead atoms. The van der Waals surface area contributed by atoms with Crippen molar-refractivity contribution in [1.82, 2.24) is 10.2 Å². The number of anilines is 2. The molecule has 2 heterocycles. The molecule has 2 N–H and O–H groups in total. The second kappa shape index (κ2) is 6.99. The first-order chi connectivity index (χ1) is 11.3. The highest BCUT2D eigenvalue weighted by Gasteiger charge is 2.37. The summed E-state index contributed by atoms with van der Waals surface area (Å²) in [7, 11) is -3.15. The van der Waals surface area contributed by atoms with Crippen molar-refractivity contribution >= 4 is 43.8 Å². The zero-order chi connectivity index (χ0) is 17.3. The van der Waals surface area contributed by atoms with E-state index in [-0.39, 0.29) is 16.8 Å². The predicted molar refractivity (Wildman–Crippen MR) is 98.0 cm³/mol. The standard InChI is InChI=1S/C15H19N3O3S3/c1-9(2)10-3-5-11(6-4-10)16-14-17-18-15(23-14)22-13-8-24(20,21)7-12(13)19/h3-6,9,12-13,19H,7-8H2,1-2H3,(H,16,17)/t12-,13+/m1/s1. The van der Waals surface area contributed by atoms with E-state index in [0.717, 1.165) is 5.69 Å². The van der Waals surface area contributed by atoms with Crippen molar-refractivity contribution < 1.29 is 13.5 Å². The van der Waals surface area contributed by atoms with Gasteiger partial charge < -0.3 is 10.4 Å². The van der Waals surface area contributed by atoms with Crippen LogP contribution in [-0.2, 0) is 9.84 Å². The number of benzene rings is 1. The lowest BCUT2D eigenvalue weighted by molar-refractivity contribution is 0.207. The third-order valence-corrected chi connectivity index (χ3v) is 7.93. The molecule has 1 fully saturated rings. The van der Waals surface area contributed by atoms with Gasteiger partial charge in [-0.05, 0) is 23.6 Å². The van der Waals surface area contributed by atoms with E-state index in [1.54, 1.807) is 0 Å². The summed E-state index contributed by atoms with van der Waals surface area (Å²) in [6.07, 6.45) is -0.844. The van der Waals surface area contributed by atoms with Gasteiger partial charge in [0.1, 0.15) is 0 Å². The molecule has 1 aromatic carbocycles. The van der Waals surface area contributed by atoms with Crippen molar-refractivity contribution in [2.24, 2.45) is 0 Å². The SMILES string of the molecule is CC(C)c1ccc(Nc2nnc(S[C@H]3CS(=O)(=O)C[C@H]3O)s2)cc1. The summed E-state index contributed by atoms with van der Waals surface area (Å²) in [5, 5.41) is 21.4. The number of rotatable bonds is 5. The summed E-state index contributed by atoms with van der Waals surface area (Å²) >= 11 is 2.63. The maximum absolute atomic E-state index is 11.5. The maximum Gasteiger partial charge on any atom is 0.210 e. The summed E-state index contributed by atoms with van der Waals surface area (Å²) in [4.78, 5) is 0. The van der Waals surface area contributed by atoms with Gasteiger partial charge in [-0.1, -0.05) is 49.1 Å². The van der Waals surface area contributed by atoms with E-state index < -0.39 is 15.9 Å². The van der Waals surface area contributed by atoms with Crippen LogP contribution in [0.3, 0.4) is 0 Å². The molecule has 24 heavy (non-hydrogen) atoms. The highest BCUT2D eigenvalue weighted by Crippen LogP contribution is 2.35. The van der Waals surface area contributed by atoms with Gasteiger partial charge in [0, 0.05) is 5.69 Å². The predicted octanol–water partition coefficient (Wildman–Crippen LogP) is 2.66. The quantitative estimate of drug-likeness (QED) is 0.817. The van der Waals surface area contributed by atoms with Crippen LogP contribution in [0.2, 0.25) is 0 Å². The van der Waals surface area contributed by atoms with Gasteiger partial charge in [-0.2, -0.15) is 0 Å². The lowest BCUT2D eigenvalue weighted by atomic mass is 10.0. The summed E-state index contributed by atoms with van der Waals surface area (Å²) < 4.78 is 23.7. The maximum atomic E-state index is 11.5. The first-order valence-corrected chi connectivity index (χ1v) is 11.1. The van der Waals surface area contributed by atoms with E-state index in [4.69, 9.17) is 0 Å². The van der Waals surface area contributed by atoms with Gasteiger partial charge in [-0.25, -0.2) is 8.42 Å². The Hall–Kier alpha value is -1.16. The molecule has 0 spiro atoms. The van der Waals surface area contributed by atoms with Gasteiger partial charge in [-0.3, -0.25) is 0 Å². The van der Waals surface area contributed by atoms with E-state index in [2.05, 4.69) is 41.5 Å². The molecule has 0 amide bonds. The summed E-state index contributed by atoms with van der Waals surface area (Å²) in [5.41, 5.74) is 2.20. The van der Waals surface area contributed by atoms with Crippen LogP contribution in [0.25, 0.3) is 0 Å². The van der Waals surface area contributed by atoms with Crippen LogP contribution in [0.15, 0.2) is 28.6 Å². The second-order valence-electron chi connectivity index (χ2n) is 6.08. The Morgan fingerprint density at radius 1 is 1.25 bits per heavy atom. The fraction of sp³-hybridized carbons (Fsp3) is 0.467. The summed E-state index contributed by atoms with van der Waals surface area (Å²) in [5.74, 6) is 0.298. The molecule has 1 aliphatic rings. The van der Waals surface area contributed by atoms with Crippen LogP contribution in [-0.4, -0.2) is 46.6 Å². The van der Waals surface area contributed by atoms with Gasteiger partial charge in [0.05, 0.1) is 22.9 Å². The molecule has 2 atom stereocenters. The number of nitrogens with zero attached hydrogens (tertiary/aromatic N) is 2. The monoisotopic (exact) mass is 385 g/mol. The Labute approximate surface area is 149 Å². The van der Waals surface area contributed by atoms with E-state index in [0.29, 0.717) is 15.4 Å². The summed E-state index contributed by atoms with van der Waals surface area (Å²) in [6.45, 7) is 4.29. The molecule has 6 nitrogen and oxygen atoms in total. The Balaban J connectivity index is 1.63. The van der Waals surface area contributed by atoms with E-state index >= 15 is 0 Å². The van der Waals surface area contributed by atoms with Crippen molar-refractivity contribution in [3.05, 3.63) is 29.8 Å². The normalized spacial score (nSPS) is 22.8. The highest BCUT2D eigenvalue weighted by molar-refractivity contribution is 8.03. The van der Waals surface area contributed by atoms with Crippen LogP contribution >= 0.6 is 23.1 Å². The van der Waals surface area contributed by atoms with Crippen LogP contribution in [0.1, 0.15) is 25.3 Å². The molecule has 0 unspecified atom stereocenters. The number of aliphatic hydroxyl groups excluding tert-OH is 1. The van der Waals surface area contributed by atoms with Crippen molar-refractivity contribution in [3.63, 3.8) is 0 Å². The highest BCUT2D eigenvalue weighted by atomic mass is 32.2. The molecule has 3 rings (SSSR count). The van der Waals surface area contributed by atoms with Gasteiger partial charge in [0.2, 0.25) is 5.13 Å². The number of hydrogen-bond acceptors (Lipinski definition) is 8. The van der Waals surface area contributed by atoms with Crippen molar-refractivity contribution in [3.8, 4) is 0 Å². The summed E-state index contributed by atoms with van der Waals surface area (Å²) in [6, 6.07) is 8.14. The average molecular weight is 386 g/mol. The Morgan fingerprint density at radius 3 is 2.54 bits per heavy atom. The minimum absolute atomic E-state index is 0.0160. The molecule has 0 saturated carbocycles. The molecule has 130 valence electrons. The van der Waals surface area contributed by atoms with Crippen LogP contribution in [0.5, 0.6) is 0 Å². The third kappa shape index (κ3) is 4.27. The molecule has 9 heteroatoms. The molecule has 0 radical (unpaired) electrons. The number of hydrogen-bond donors (Lipinski definition) is 2. The number of thioether (sulfide) groups is 1. The van der Waals surface area contributed by atoms with Gasteiger partial charge in [0.15, 0.2) is 14.2 Å². The Morgan fingerprint density at radius 2 is 1.96 bits per heavy atom. The fourth-order valence-corrected chi connectivity index (χ4v) is 6.95. The van der Waals surface area contributed by atoms with Gasteiger partial charge in [-0.15, -0.1) is 10.2 Å². The number of sulfone groups is 1. The molecule has 1 aromatic heterocycles. The molecular formula is C15H19N3O3S3. The average Bonchev–Trinajstić information content (AvgIpc) is 3.03. The van der Waals surface area contributed by atoms with Crippen LogP contribution in [0.4, 0.5) is 10.8 Å². The molecular weight excluding hydrogens is 366 g/mol. The third-order valence-electron chi connectivity index (χ3n) is 3.76. The largest absolute Gasteiger partial charge is 0.391 e. The smallest absolute Gasteiger partial charge is 0.210 e. The topological polar surface area (TPSA) is 92.2 Å². The minimum Gasteiger partial charge on any atom is -0.391 e.